The average Bonchev–Trinajstić information content (AvgIpc) is 2.84. The lowest BCUT2D eigenvalue weighted by Crippen LogP contribution is -2.31. The molecule has 1 saturated carbocycles. The average molecular weight is 335 g/mol. The van der Waals surface area contributed by atoms with Crippen LogP contribution in [0.25, 0.3) is 0 Å². The zero-order valence-corrected chi connectivity index (χ0v) is 13.5. The van der Waals surface area contributed by atoms with Crippen LogP contribution in [0.2, 0.25) is 5.02 Å². The van der Waals surface area contributed by atoms with Gasteiger partial charge in [-0.15, -0.1) is 0 Å². The van der Waals surface area contributed by atoms with E-state index in [0.29, 0.717) is 18.4 Å². The van der Waals surface area contributed by atoms with E-state index in [4.69, 9.17) is 17.3 Å². The zero-order valence-electron chi connectivity index (χ0n) is 11.9. The third kappa shape index (κ3) is 3.74. The van der Waals surface area contributed by atoms with Crippen molar-refractivity contribution in [2.45, 2.75) is 37.6 Å². The molecule has 2 unspecified atom stereocenters. The van der Waals surface area contributed by atoms with Gasteiger partial charge in [0, 0.05) is 23.7 Å². The second kappa shape index (κ2) is 6.60. The molecule has 1 aliphatic carbocycles. The van der Waals surface area contributed by atoms with Crippen LogP contribution in [0.5, 0.6) is 0 Å². The molecule has 0 aliphatic heterocycles. The van der Waals surface area contributed by atoms with Gasteiger partial charge in [0.2, 0.25) is 10.0 Å². The summed E-state index contributed by atoms with van der Waals surface area (Å²) in [6, 6.07) is 2.46. The summed E-state index contributed by atoms with van der Waals surface area (Å²) in [5.41, 5.74) is 5.50. The standard InChI is InChI=1S/C14H20ClFN2O2S/c1-9-3-2-4-10(9)8-18-21(19,20)13-6-12(15)5-11(7-17)14(13)16/h5-6,9-10,18H,2-4,7-8,17H2,1H3. The number of sulfonamides is 1. The van der Waals surface area contributed by atoms with Crippen LogP contribution >= 0.6 is 11.6 Å². The Morgan fingerprint density at radius 2 is 2.14 bits per heavy atom. The molecule has 1 aromatic rings. The van der Waals surface area contributed by atoms with E-state index in [0.717, 1.165) is 25.3 Å². The fourth-order valence-corrected chi connectivity index (χ4v) is 4.33. The summed E-state index contributed by atoms with van der Waals surface area (Å²) in [5.74, 6) is -0.0404. The molecule has 118 valence electrons. The molecule has 1 aliphatic rings. The van der Waals surface area contributed by atoms with E-state index < -0.39 is 20.7 Å². The Labute approximate surface area is 129 Å². The van der Waals surface area contributed by atoms with Crippen LogP contribution in [0.4, 0.5) is 4.39 Å². The highest BCUT2D eigenvalue weighted by Gasteiger charge is 2.27. The molecule has 0 spiro atoms. The lowest BCUT2D eigenvalue weighted by Gasteiger charge is -2.17. The number of rotatable bonds is 5. The second-order valence-electron chi connectivity index (χ2n) is 5.60. The van der Waals surface area contributed by atoms with Gasteiger partial charge in [-0.1, -0.05) is 31.4 Å². The molecular weight excluding hydrogens is 315 g/mol. The van der Waals surface area contributed by atoms with Crippen molar-refractivity contribution in [3.63, 3.8) is 0 Å². The van der Waals surface area contributed by atoms with E-state index >= 15 is 0 Å². The topological polar surface area (TPSA) is 72.2 Å². The van der Waals surface area contributed by atoms with Crippen molar-refractivity contribution in [2.24, 2.45) is 17.6 Å². The molecule has 0 aromatic heterocycles. The van der Waals surface area contributed by atoms with Crippen molar-refractivity contribution in [2.75, 3.05) is 6.54 Å². The SMILES string of the molecule is CC1CCCC1CNS(=O)(=O)c1cc(Cl)cc(CN)c1F. The molecule has 4 nitrogen and oxygen atoms in total. The molecule has 21 heavy (non-hydrogen) atoms. The van der Waals surface area contributed by atoms with Crippen LogP contribution in [0.1, 0.15) is 31.7 Å². The molecule has 0 heterocycles. The first-order chi connectivity index (χ1) is 9.85. The van der Waals surface area contributed by atoms with E-state index in [2.05, 4.69) is 11.6 Å². The highest BCUT2D eigenvalue weighted by Crippen LogP contribution is 2.31. The minimum absolute atomic E-state index is 0.0945. The van der Waals surface area contributed by atoms with Crippen molar-refractivity contribution in [3.05, 3.63) is 28.5 Å². The van der Waals surface area contributed by atoms with E-state index in [1.54, 1.807) is 0 Å². The minimum Gasteiger partial charge on any atom is -0.326 e. The van der Waals surface area contributed by atoms with E-state index in [-0.39, 0.29) is 17.1 Å². The van der Waals surface area contributed by atoms with Gasteiger partial charge < -0.3 is 5.73 Å². The number of nitrogens with one attached hydrogen (secondary N) is 1. The van der Waals surface area contributed by atoms with Gasteiger partial charge in [0.05, 0.1) is 0 Å². The molecule has 1 aromatic carbocycles. The van der Waals surface area contributed by atoms with Crippen LogP contribution < -0.4 is 10.5 Å². The smallest absolute Gasteiger partial charge is 0.243 e. The molecule has 2 rings (SSSR count). The fraction of sp³-hybridized carbons (Fsp3) is 0.571. The molecule has 0 saturated heterocycles. The number of nitrogens with two attached hydrogens (primary N) is 1. The first kappa shape index (κ1) is 16.7. The van der Waals surface area contributed by atoms with Crippen LogP contribution in [-0.2, 0) is 16.6 Å². The summed E-state index contributed by atoms with van der Waals surface area (Å²) in [4.78, 5) is -0.430. The lowest BCUT2D eigenvalue weighted by atomic mass is 9.99. The Morgan fingerprint density at radius 3 is 2.71 bits per heavy atom. The van der Waals surface area contributed by atoms with Gasteiger partial charge in [0.15, 0.2) is 0 Å². The molecule has 0 radical (unpaired) electrons. The van der Waals surface area contributed by atoms with E-state index in [9.17, 15) is 12.8 Å². The molecule has 0 bridgehead atoms. The fourth-order valence-electron chi connectivity index (χ4n) is 2.78. The summed E-state index contributed by atoms with van der Waals surface area (Å²) < 4.78 is 41.2. The Kier molecular flexibility index (Phi) is 5.24. The van der Waals surface area contributed by atoms with Crippen LogP contribution in [0, 0.1) is 17.7 Å². The zero-order chi connectivity index (χ0) is 15.6. The molecule has 7 heteroatoms. The first-order valence-corrected chi connectivity index (χ1v) is 8.89. The first-order valence-electron chi connectivity index (χ1n) is 7.03. The molecule has 3 N–H and O–H groups in total. The lowest BCUT2D eigenvalue weighted by molar-refractivity contribution is 0.414. The largest absolute Gasteiger partial charge is 0.326 e. The third-order valence-electron chi connectivity index (χ3n) is 4.16. The highest BCUT2D eigenvalue weighted by atomic mass is 35.5. The summed E-state index contributed by atoms with van der Waals surface area (Å²) in [6.07, 6.45) is 3.21. The number of hydrogen-bond acceptors (Lipinski definition) is 3. The van der Waals surface area contributed by atoms with Crippen molar-refractivity contribution in [3.8, 4) is 0 Å². The Hall–Kier alpha value is -0.690. The summed E-state index contributed by atoms with van der Waals surface area (Å²) in [5, 5.41) is 0.159. The number of halogens is 2. The Bertz CT molecular complexity index is 622. The molecule has 2 atom stereocenters. The van der Waals surface area contributed by atoms with Crippen LogP contribution in [0.15, 0.2) is 17.0 Å². The Balaban J connectivity index is 2.21. The van der Waals surface area contributed by atoms with Gasteiger partial charge in [-0.05, 0) is 30.4 Å². The van der Waals surface area contributed by atoms with Gasteiger partial charge >= 0.3 is 0 Å². The summed E-state index contributed by atoms with van der Waals surface area (Å²) in [7, 11) is -3.92. The Morgan fingerprint density at radius 1 is 1.43 bits per heavy atom. The number of benzene rings is 1. The molecule has 1 fully saturated rings. The van der Waals surface area contributed by atoms with Crippen molar-refractivity contribution in [1.29, 1.82) is 0 Å². The maximum Gasteiger partial charge on any atom is 0.243 e. The maximum absolute atomic E-state index is 14.2. The van der Waals surface area contributed by atoms with Gasteiger partial charge in [-0.25, -0.2) is 17.5 Å². The third-order valence-corrected chi connectivity index (χ3v) is 5.80. The molecule has 0 amide bonds. The summed E-state index contributed by atoms with van der Waals surface area (Å²) in [6.45, 7) is 2.33. The highest BCUT2D eigenvalue weighted by molar-refractivity contribution is 7.89. The van der Waals surface area contributed by atoms with Crippen molar-refractivity contribution >= 4 is 21.6 Å². The van der Waals surface area contributed by atoms with Crippen LogP contribution in [0.3, 0.4) is 0 Å². The monoisotopic (exact) mass is 334 g/mol. The van der Waals surface area contributed by atoms with E-state index in [1.165, 1.54) is 6.07 Å². The van der Waals surface area contributed by atoms with Gasteiger partial charge in [0.1, 0.15) is 10.7 Å². The minimum atomic E-state index is -3.92. The van der Waals surface area contributed by atoms with E-state index in [1.807, 2.05) is 0 Å². The molecular formula is C14H20ClFN2O2S. The van der Waals surface area contributed by atoms with Crippen molar-refractivity contribution in [1.82, 2.24) is 4.72 Å². The van der Waals surface area contributed by atoms with Crippen LogP contribution in [-0.4, -0.2) is 15.0 Å². The predicted molar refractivity (Wildman–Crippen MR) is 81.0 cm³/mol. The van der Waals surface area contributed by atoms with Crippen molar-refractivity contribution < 1.29 is 12.8 Å². The quantitative estimate of drug-likeness (QED) is 0.869. The number of hydrogen-bond donors (Lipinski definition) is 2. The summed E-state index contributed by atoms with van der Waals surface area (Å²) >= 11 is 5.84. The second-order valence-corrected chi connectivity index (χ2v) is 7.77. The van der Waals surface area contributed by atoms with Gasteiger partial charge in [-0.2, -0.15) is 0 Å². The van der Waals surface area contributed by atoms with Gasteiger partial charge in [-0.3, -0.25) is 0 Å². The maximum atomic E-state index is 14.2. The normalized spacial score (nSPS) is 22.7. The van der Waals surface area contributed by atoms with Gasteiger partial charge in [0.25, 0.3) is 0 Å². The predicted octanol–water partition coefficient (Wildman–Crippen LogP) is 2.65.